The molecule has 6 nitrogen and oxygen atoms in total. The Hall–Kier alpha value is -3.38. The summed E-state index contributed by atoms with van der Waals surface area (Å²) in [6.45, 7) is 0.478. The van der Waals surface area contributed by atoms with Crippen molar-refractivity contribution in [3.05, 3.63) is 77.6 Å². The molecule has 4 rings (SSSR count). The van der Waals surface area contributed by atoms with Gasteiger partial charge in [0.2, 0.25) is 0 Å². The third-order valence-electron chi connectivity index (χ3n) is 5.30. The molecule has 0 unspecified atom stereocenters. The van der Waals surface area contributed by atoms with Crippen molar-refractivity contribution in [1.29, 1.82) is 0 Å². The molecule has 0 aliphatic carbocycles. The number of benzene rings is 2. The fourth-order valence-electron chi connectivity index (χ4n) is 3.82. The second-order valence-corrected chi connectivity index (χ2v) is 7.11. The standard InChI is InChI=1S/C23H23N3O3/c1-25(13-14-27)21-20(16-7-3-2-4-8-16)22(28)26(23(21)29)12-11-17-15-24-19-10-6-5-9-18(17)19/h2-10,15,24,27H,11-14H2,1H3. The first-order chi connectivity index (χ1) is 14.1. The number of aromatic nitrogens is 1. The van der Waals surface area contributed by atoms with Crippen molar-refractivity contribution in [2.24, 2.45) is 0 Å². The Kier molecular flexibility index (Phi) is 5.18. The Morgan fingerprint density at radius 1 is 1.00 bits per heavy atom. The average molecular weight is 389 g/mol. The molecule has 2 heterocycles. The van der Waals surface area contributed by atoms with Gasteiger partial charge >= 0.3 is 0 Å². The van der Waals surface area contributed by atoms with Gasteiger partial charge in [-0.15, -0.1) is 0 Å². The van der Waals surface area contributed by atoms with E-state index < -0.39 is 0 Å². The van der Waals surface area contributed by atoms with Gasteiger partial charge in [0.25, 0.3) is 11.8 Å². The molecule has 1 aliphatic heterocycles. The zero-order chi connectivity index (χ0) is 20.4. The molecule has 2 amide bonds. The van der Waals surface area contributed by atoms with Gasteiger partial charge in [0.15, 0.2) is 0 Å². The predicted molar refractivity (Wildman–Crippen MR) is 112 cm³/mol. The SMILES string of the molecule is CN(CCO)C1=C(c2ccccc2)C(=O)N(CCc2c[nH]c3ccccc23)C1=O. The molecule has 0 bridgehead atoms. The number of aliphatic hydroxyl groups is 1. The lowest BCUT2D eigenvalue weighted by Crippen LogP contribution is -2.36. The number of amides is 2. The van der Waals surface area contributed by atoms with E-state index in [1.165, 1.54) is 4.90 Å². The number of fused-ring (bicyclic) bond motifs is 1. The summed E-state index contributed by atoms with van der Waals surface area (Å²) in [4.78, 5) is 32.6. The van der Waals surface area contributed by atoms with Crippen LogP contribution < -0.4 is 0 Å². The van der Waals surface area contributed by atoms with Gasteiger partial charge in [-0.25, -0.2) is 0 Å². The molecule has 0 saturated carbocycles. The fraction of sp³-hybridized carbons (Fsp3) is 0.217. The van der Waals surface area contributed by atoms with E-state index in [1.807, 2.05) is 60.8 Å². The minimum atomic E-state index is -0.315. The molecule has 0 fully saturated rings. The van der Waals surface area contributed by atoms with E-state index in [0.29, 0.717) is 29.8 Å². The van der Waals surface area contributed by atoms with E-state index in [2.05, 4.69) is 4.98 Å². The van der Waals surface area contributed by atoms with Crippen molar-refractivity contribution >= 4 is 28.3 Å². The second kappa shape index (κ2) is 7.93. The Morgan fingerprint density at radius 3 is 2.48 bits per heavy atom. The molecule has 0 radical (unpaired) electrons. The van der Waals surface area contributed by atoms with Crippen LogP contribution in [0.1, 0.15) is 11.1 Å². The first kappa shape index (κ1) is 19.0. The van der Waals surface area contributed by atoms with Crippen LogP contribution >= 0.6 is 0 Å². The number of imide groups is 1. The predicted octanol–water partition coefficient (Wildman–Crippen LogP) is 2.41. The van der Waals surface area contributed by atoms with E-state index in [9.17, 15) is 14.7 Å². The van der Waals surface area contributed by atoms with Gasteiger partial charge in [0.1, 0.15) is 5.70 Å². The van der Waals surface area contributed by atoms with E-state index in [4.69, 9.17) is 0 Å². The van der Waals surface area contributed by atoms with Crippen LogP contribution in [0, 0.1) is 0 Å². The minimum Gasteiger partial charge on any atom is -0.395 e. The van der Waals surface area contributed by atoms with Gasteiger partial charge in [-0.2, -0.15) is 0 Å². The largest absolute Gasteiger partial charge is 0.395 e. The van der Waals surface area contributed by atoms with Crippen molar-refractivity contribution in [2.75, 3.05) is 26.7 Å². The van der Waals surface area contributed by atoms with E-state index in [1.54, 1.807) is 11.9 Å². The number of carbonyl (C=O) groups excluding carboxylic acids is 2. The van der Waals surface area contributed by atoms with Crippen LogP contribution in [-0.2, 0) is 16.0 Å². The maximum absolute atomic E-state index is 13.2. The Balaban J connectivity index is 1.63. The van der Waals surface area contributed by atoms with Gasteiger partial charge in [-0.3, -0.25) is 14.5 Å². The average Bonchev–Trinajstić information content (AvgIpc) is 3.26. The van der Waals surface area contributed by atoms with Gasteiger partial charge in [0, 0.05) is 37.2 Å². The zero-order valence-corrected chi connectivity index (χ0v) is 16.3. The first-order valence-corrected chi connectivity index (χ1v) is 9.64. The molecule has 1 aromatic heterocycles. The van der Waals surface area contributed by atoms with Gasteiger partial charge in [-0.1, -0.05) is 48.5 Å². The van der Waals surface area contributed by atoms with E-state index >= 15 is 0 Å². The first-order valence-electron chi connectivity index (χ1n) is 9.64. The normalized spacial score (nSPS) is 14.3. The molecule has 2 aromatic carbocycles. The number of nitrogens with zero attached hydrogens (tertiary/aromatic N) is 2. The lowest BCUT2D eigenvalue weighted by Gasteiger charge is -2.20. The molecular weight excluding hydrogens is 366 g/mol. The third kappa shape index (κ3) is 3.43. The minimum absolute atomic E-state index is 0.0983. The lowest BCUT2D eigenvalue weighted by molar-refractivity contribution is -0.137. The van der Waals surface area contributed by atoms with E-state index in [0.717, 1.165) is 16.5 Å². The maximum Gasteiger partial charge on any atom is 0.277 e. The van der Waals surface area contributed by atoms with Crippen LogP contribution in [0.15, 0.2) is 66.5 Å². The molecule has 6 heteroatoms. The van der Waals surface area contributed by atoms with Crippen LogP contribution in [0.5, 0.6) is 0 Å². The van der Waals surface area contributed by atoms with Crippen LogP contribution in [-0.4, -0.2) is 58.4 Å². The number of aromatic amines is 1. The van der Waals surface area contributed by atoms with Crippen molar-refractivity contribution in [3.63, 3.8) is 0 Å². The third-order valence-corrected chi connectivity index (χ3v) is 5.30. The Labute approximate surface area is 169 Å². The highest BCUT2D eigenvalue weighted by molar-refractivity contribution is 6.35. The van der Waals surface area contributed by atoms with Gasteiger partial charge < -0.3 is 15.0 Å². The summed E-state index contributed by atoms with van der Waals surface area (Å²) in [6.07, 6.45) is 2.50. The molecule has 0 saturated heterocycles. The molecule has 148 valence electrons. The molecule has 0 atom stereocenters. The van der Waals surface area contributed by atoms with Crippen molar-refractivity contribution in [3.8, 4) is 0 Å². The summed E-state index contributed by atoms with van der Waals surface area (Å²) >= 11 is 0. The summed E-state index contributed by atoms with van der Waals surface area (Å²) < 4.78 is 0. The van der Waals surface area contributed by atoms with Crippen LogP contribution in [0.2, 0.25) is 0 Å². The monoisotopic (exact) mass is 389 g/mol. The van der Waals surface area contributed by atoms with Gasteiger partial charge in [0.05, 0.1) is 12.2 Å². The summed E-state index contributed by atoms with van der Waals surface area (Å²) in [5.74, 6) is -0.606. The number of aliphatic hydroxyl groups excluding tert-OH is 1. The highest BCUT2D eigenvalue weighted by atomic mass is 16.3. The van der Waals surface area contributed by atoms with Crippen molar-refractivity contribution < 1.29 is 14.7 Å². The Morgan fingerprint density at radius 2 is 1.72 bits per heavy atom. The highest BCUT2D eigenvalue weighted by Gasteiger charge is 2.40. The number of hydrogen-bond donors (Lipinski definition) is 2. The van der Waals surface area contributed by atoms with Crippen LogP contribution in [0.3, 0.4) is 0 Å². The summed E-state index contributed by atoms with van der Waals surface area (Å²) in [6, 6.07) is 17.2. The summed E-state index contributed by atoms with van der Waals surface area (Å²) in [7, 11) is 1.73. The zero-order valence-electron chi connectivity index (χ0n) is 16.3. The van der Waals surface area contributed by atoms with Gasteiger partial charge in [-0.05, 0) is 23.6 Å². The number of carbonyl (C=O) groups is 2. The number of H-pyrrole nitrogens is 1. The quantitative estimate of drug-likeness (QED) is 0.609. The smallest absolute Gasteiger partial charge is 0.277 e. The number of hydrogen-bond acceptors (Lipinski definition) is 4. The molecule has 29 heavy (non-hydrogen) atoms. The fourth-order valence-corrected chi connectivity index (χ4v) is 3.82. The van der Waals surface area contributed by atoms with Crippen LogP contribution in [0.4, 0.5) is 0 Å². The number of likely N-dealkylation sites (N-methyl/N-ethyl adjacent to an activating group) is 1. The lowest BCUT2D eigenvalue weighted by atomic mass is 10.0. The topological polar surface area (TPSA) is 76.6 Å². The molecule has 2 N–H and O–H groups in total. The molecule has 0 spiro atoms. The second-order valence-electron chi connectivity index (χ2n) is 7.11. The summed E-state index contributed by atoms with van der Waals surface area (Å²) in [5, 5.41) is 10.4. The molecular formula is C23H23N3O3. The maximum atomic E-state index is 13.2. The molecule has 1 aliphatic rings. The van der Waals surface area contributed by atoms with E-state index in [-0.39, 0.29) is 25.0 Å². The number of rotatable bonds is 7. The Bertz CT molecular complexity index is 1080. The number of nitrogens with one attached hydrogen (secondary N) is 1. The van der Waals surface area contributed by atoms with Crippen molar-refractivity contribution in [1.82, 2.24) is 14.8 Å². The highest BCUT2D eigenvalue weighted by Crippen LogP contribution is 2.31. The number of para-hydroxylation sites is 1. The van der Waals surface area contributed by atoms with Crippen molar-refractivity contribution in [2.45, 2.75) is 6.42 Å². The summed E-state index contributed by atoms with van der Waals surface area (Å²) in [5.41, 5.74) is 3.55. The molecule has 3 aromatic rings. The van der Waals surface area contributed by atoms with Crippen LogP contribution in [0.25, 0.3) is 16.5 Å².